The summed E-state index contributed by atoms with van der Waals surface area (Å²) in [5.41, 5.74) is 1.47. The summed E-state index contributed by atoms with van der Waals surface area (Å²) >= 11 is 11.5. The third-order valence-corrected chi connectivity index (χ3v) is 3.66. The molecule has 0 bridgehead atoms. The van der Waals surface area contributed by atoms with Crippen molar-refractivity contribution in [3.8, 4) is 0 Å². The van der Waals surface area contributed by atoms with Gasteiger partial charge >= 0.3 is 0 Å². The average molecular weight is 265 g/mol. The van der Waals surface area contributed by atoms with Gasteiger partial charge in [-0.1, -0.05) is 30.1 Å². The molecule has 4 heteroatoms. The molecule has 0 aromatic heterocycles. The molecule has 1 aliphatic rings. The van der Waals surface area contributed by atoms with E-state index in [4.69, 9.17) is 23.2 Å². The average Bonchev–Trinajstić information content (AvgIpc) is 2.31. The van der Waals surface area contributed by atoms with Crippen molar-refractivity contribution in [2.75, 3.05) is 32.7 Å². The Morgan fingerprint density at radius 3 is 2.69 bits per heavy atom. The van der Waals surface area contributed by atoms with Crippen LogP contribution in [0, 0.1) is 5.92 Å². The zero-order chi connectivity index (χ0) is 11.8. The fraction of sp³-hybridized carbons (Fsp3) is 0.833. The van der Waals surface area contributed by atoms with Crippen molar-refractivity contribution in [2.24, 2.45) is 5.92 Å². The summed E-state index contributed by atoms with van der Waals surface area (Å²) in [6.45, 7) is 7.59. The molecule has 1 heterocycles. The summed E-state index contributed by atoms with van der Waals surface area (Å²) < 4.78 is 0. The van der Waals surface area contributed by atoms with Crippen molar-refractivity contribution in [1.29, 1.82) is 0 Å². The smallest absolute Gasteiger partial charge is 0.0434 e. The van der Waals surface area contributed by atoms with Gasteiger partial charge in [0.15, 0.2) is 0 Å². The van der Waals surface area contributed by atoms with Crippen LogP contribution in [0.25, 0.3) is 0 Å². The monoisotopic (exact) mass is 264 g/mol. The minimum Gasteiger partial charge on any atom is -0.316 e. The van der Waals surface area contributed by atoms with Crippen molar-refractivity contribution < 1.29 is 0 Å². The predicted octanol–water partition coefficient (Wildman–Crippen LogP) is 3.02. The van der Waals surface area contributed by atoms with Crippen LogP contribution in [-0.2, 0) is 0 Å². The van der Waals surface area contributed by atoms with Crippen LogP contribution >= 0.6 is 23.2 Å². The molecule has 0 spiro atoms. The molecule has 0 saturated carbocycles. The molecule has 2 nitrogen and oxygen atoms in total. The van der Waals surface area contributed by atoms with Crippen LogP contribution in [0.5, 0.6) is 0 Å². The van der Waals surface area contributed by atoms with Crippen molar-refractivity contribution in [1.82, 2.24) is 10.2 Å². The maximum atomic E-state index is 5.91. The third kappa shape index (κ3) is 5.53. The van der Waals surface area contributed by atoms with Crippen LogP contribution in [0.3, 0.4) is 0 Å². The van der Waals surface area contributed by atoms with Gasteiger partial charge in [-0.15, -0.1) is 0 Å². The largest absolute Gasteiger partial charge is 0.316 e. The molecule has 0 radical (unpaired) electrons. The first-order valence-corrected chi connectivity index (χ1v) is 6.95. The Bertz CT molecular complexity index is 211. The van der Waals surface area contributed by atoms with Gasteiger partial charge in [0.2, 0.25) is 0 Å². The predicted molar refractivity (Wildman–Crippen MR) is 72.1 cm³/mol. The maximum Gasteiger partial charge on any atom is 0.0434 e. The van der Waals surface area contributed by atoms with Gasteiger partial charge in [-0.25, -0.2) is 0 Å². The van der Waals surface area contributed by atoms with Crippen LogP contribution < -0.4 is 5.32 Å². The number of nitrogens with zero attached hydrogens (tertiary/aromatic N) is 1. The van der Waals surface area contributed by atoms with E-state index in [9.17, 15) is 0 Å². The van der Waals surface area contributed by atoms with Gasteiger partial charge in [0.25, 0.3) is 0 Å². The number of halogens is 2. The van der Waals surface area contributed by atoms with E-state index in [0.717, 1.165) is 37.1 Å². The number of piperidine rings is 1. The fourth-order valence-corrected chi connectivity index (χ4v) is 2.32. The van der Waals surface area contributed by atoms with Gasteiger partial charge in [0, 0.05) is 17.1 Å². The van der Waals surface area contributed by atoms with E-state index < -0.39 is 0 Å². The molecule has 0 aromatic rings. The van der Waals surface area contributed by atoms with Crippen LogP contribution in [0.2, 0.25) is 0 Å². The highest BCUT2D eigenvalue weighted by atomic mass is 35.5. The van der Waals surface area contributed by atoms with Gasteiger partial charge in [-0.2, -0.15) is 0 Å². The van der Waals surface area contributed by atoms with Crippen LogP contribution in [0.1, 0.15) is 26.2 Å². The lowest BCUT2D eigenvalue weighted by molar-refractivity contribution is 0.197. The molecule has 1 N–H and O–H groups in total. The van der Waals surface area contributed by atoms with Gasteiger partial charge < -0.3 is 5.32 Å². The minimum absolute atomic E-state index is 0.740. The molecule has 1 rings (SSSR count). The highest BCUT2D eigenvalue weighted by molar-refractivity contribution is 6.36. The molecule has 16 heavy (non-hydrogen) atoms. The Balaban J connectivity index is 2.13. The number of hydrogen-bond donors (Lipinski definition) is 1. The first-order valence-electron chi connectivity index (χ1n) is 6.14. The molecule has 1 saturated heterocycles. The molecule has 0 unspecified atom stereocenters. The minimum atomic E-state index is 0.740. The number of nitrogens with one attached hydrogen (secondary N) is 1. The molecular formula is C12H22Cl2N2. The van der Waals surface area contributed by atoms with Gasteiger partial charge in [-0.05, 0) is 51.4 Å². The van der Waals surface area contributed by atoms with Crippen LogP contribution in [0.4, 0.5) is 0 Å². The second-order valence-electron chi connectivity index (χ2n) is 4.48. The third-order valence-electron chi connectivity index (χ3n) is 3.06. The first kappa shape index (κ1) is 14.3. The number of hydrogen-bond acceptors (Lipinski definition) is 2. The number of likely N-dealkylation sites (tertiary alicyclic amines) is 1. The molecule has 1 aliphatic heterocycles. The normalized spacial score (nSPS) is 20.3. The molecule has 0 amide bonds. The molecule has 0 aliphatic carbocycles. The SMILES string of the molecule is CCCNCC1CCN(CC(Cl)=CCl)CC1. The van der Waals surface area contributed by atoms with Crippen molar-refractivity contribution >= 4 is 23.2 Å². The second kappa shape index (κ2) is 8.35. The molecule has 94 valence electrons. The molecule has 1 fully saturated rings. The van der Waals surface area contributed by atoms with Crippen molar-refractivity contribution in [3.63, 3.8) is 0 Å². The summed E-state index contributed by atoms with van der Waals surface area (Å²) in [5, 5.41) is 4.23. The van der Waals surface area contributed by atoms with E-state index in [1.807, 2.05) is 0 Å². The Hall–Kier alpha value is 0.240. The Morgan fingerprint density at radius 2 is 2.12 bits per heavy atom. The van der Waals surface area contributed by atoms with Crippen LogP contribution in [0.15, 0.2) is 10.6 Å². The summed E-state index contributed by atoms with van der Waals surface area (Å²) in [6, 6.07) is 0. The van der Waals surface area contributed by atoms with E-state index in [1.165, 1.54) is 31.3 Å². The quantitative estimate of drug-likeness (QED) is 0.743. The van der Waals surface area contributed by atoms with Crippen molar-refractivity contribution in [2.45, 2.75) is 26.2 Å². The Kier molecular flexibility index (Phi) is 7.46. The maximum absolute atomic E-state index is 5.91. The van der Waals surface area contributed by atoms with E-state index in [2.05, 4.69) is 17.1 Å². The summed E-state index contributed by atoms with van der Waals surface area (Å²) in [4.78, 5) is 2.37. The highest BCUT2D eigenvalue weighted by Crippen LogP contribution is 2.18. The molecule has 0 atom stereocenters. The van der Waals surface area contributed by atoms with Gasteiger partial charge in [-0.3, -0.25) is 4.90 Å². The lowest BCUT2D eigenvalue weighted by Gasteiger charge is -2.31. The van der Waals surface area contributed by atoms with Crippen LogP contribution in [-0.4, -0.2) is 37.6 Å². The Labute approximate surface area is 109 Å². The lowest BCUT2D eigenvalue weighted by Crippen LogP contribution is -2.37. The number of rotatable bonds is 6. The second-order valence-corrected chi connectivity index (χ2v) is 5.18. The van der Waals surface area contributed by atoms with E-state index in [-0.39, 0.29) is 0 Å². The Morgan fingerprint density at radius 1 is 1.44 bits per heavy atom. The van der Waals surface area contributed by atoms with E-state index in [1.54, 1.807) is 0 Å². The summed E-state index contributed by atoms with van der Waals surface area (Å²) in [6.07, 6.45) is 3.75. The van der Waals surface area contributed by atoms with Gasteiger partial charge in [0.1, 0.15) is 0 Å². The first-order chi connectivity index (χ1) is 7.76. The summed E-state index contributed by atoms with van der Waals surface area (Å²) in [7, 11) is 0. The highest BCUT2D eigenvalue weighted by Gasteiger charge is 2.18. The topological polar surface area (TPSA) is 15.3 Å². The molecular weight excluding hydrogens is 243 g/mol. The zero-order valence-corrected chi connectivity index (χ0v) is 11.5. The fourth-order valence-electron chi connectivity index (χ4n) is 2.08. The zero-order valence-electron chi connectivity index (χ0n) is 10.0. The van der Waals surface area contributed by atoms with Gasteiger partial charge in [0.05, 0.1) is 0 Å². The lowest BCUT2D eigenvalue weighted by atomic mass is 9.97. The molecule has 0 aromatic carbocycles. The van der Waals surface area contributed by atoms with E-state index in [0.29, 0.717) is 0 Å². The standard InChI is InChI=1S/C12H22Cl2N2/c1-2-5-15-9-11-3-6-16(7-4-11)10-12(14)8-13/h8,11,15H,2-7,9-10H2,1H3. The summed E-state index contributed by atoms with van der Waals surface area (Å²) in [5.74, 6) is 0.835. The van der Waals surface area contributed by atoms with E-state index >= 15 is 0 Å². The van der Waals surface area contributed by atoms with Crippen molar-refractivity contribution in [3.05, 3.63) is 10.6 Å².